The number of amides is 1. The number of hydrazone groups is 1. The van der Waals surface area contributed by atoms with E-state index in [1.54, 1.807) is 31.4 Å². The molecule has 0 N–H and O–H groups in total. The van der Waals surface area contributed by atoms with Crippen molar-refractivity contribution in [1.29, 1.82) is 0 Å². The largest absolute Gasteiger partial charge is 0.497 e. The number of methoxy groups -OCH3 is 2. The summed E-state index contributed by atoms with van der Waals surface area (Å²) in [7, 11) is 2.91. The molecule has 1 aromatic rings. The van der Waals surface area contributed by atoms with Gasteiger partial charge in [-0.05, 0) is 44.0 Å². The smallest absolute Gasteiger partial charge is 0.311 e. The summed E-state index contributed by atoms with van der Waals surface area (Å²) in [6.45, 7) is 1.85. The number of rotatable bonds is 6. The maximum atomic E-state index is 13.1. The SMILES string of the molecule is COC(=O)CC1=NN(c2ccc(OC)cc2)C(=O)C1C(C)=NC1CCCC1. The minimum Gasteiger partial charge on any atom is -0.497 e. The summed E-state index contributed by atoms with van der Waals surface area (Å²) in [5.41, 5.74) is 1.81. The third-order valence-electron chi connectivity index (χ3n) is 5.02. The average molecular weight is 371 g/mol. The maximum absolute atomic E-state index is 13.1. The molecule has 1 amide bonds. The van der Waals surface area contributed by atoms with Gasteiger partial charge in [0.2, 0.25) is 0 Å². The predicted molar refractivity (Wildman–Crippen MR) is 103 cm³/mol. The van der Waals surface area contributed by atoms with Gasteiger partial charge in [0.25, 0.3) is 5.91 Å². The Hall–Kier alpha value is -2.70. The lowest BCUT2D eigenvalue weighted by molar-refractivity contribution is -0.139. The van der Waals surface area contributed by atoms with Gasteiger partial charge in [0.05, 0.1) is 32.0 Å². The fraction of sp³-hybridized carbons (Fsp3) is 0.500. The Morgan fingerprint density at radius 3 is 2.48 bits per heavy atom. The molecule has 7 heteroatoms. The molecule has 27 heavy (non-hydrogen) atoms. The van der Waals surface area contributed by atoms with E-state index in [9.17, 15) is 9.59 Å². The highest BCUT2D eigenvalue weighted by Crippen LogP contribution is 2.29. The number of benzene rings is 1. The molecule has 0 spiro atoms. The van der Waals surface area contributed by atoms with Crippen molar-refractivity contribution in [3.05, 3.63) is 24.3 Å². The summed E-state index contributed by atoms with van der Waals surface area (Å²) in [6.07, 6.45) is 4.40. The summed E-state index contributed by atoms with van der Waals surface area (Å²) in [6, 6.07) is 7.33. The Morgan fingerprint density at radius 1 is 1.22 bits per heavy atom. The monoisotopic (exact) mass is 371 g/mol. The molecular weight excluding hydrogens is 346 g/mol. The Bertz CT molecular complexity index is 764. The third kappa shape index (κ3) is 4.18. The molecule has 1 unspecified atom stereocenters. The molecule has 1 heterocycles. The van der Waals surface area contributed by atoms with Gasteiger partial charge in [-0.25, -0.2) is 0 Å². The molecule has 0 radical (unpaired) electrons. The molecule has 144 valence electrons. The van der Waals surface area contributed by atoms with Gasteiger partial charge in [-0.1, -0.05) is 12.8 Å². The van der Waals surface area contributed by atoms with Crippen LogP contribution in [0.2, 0.25) is 0 Å². The molecule has 1 atom stereocenters. The summed E-state index contributed by atoms with van der Waals surface area (Å²) < 4.78 is 9.94. The normalized spacial score (nSPS) is 20.8. The lowest BCUT2D eigenvalue weighted by Crippen LogP contribution is -2.33. The molecule has 3 rings (SSSR count). The second-order valence-corrected chi connectivity index (χ2v) is 6.83. The van der Waals surface area contributed by atoms with E-state index in [0.717, 1.165) is 12.8 Å². The molecule has 0 saturated heterocycles. The van der Waals surface area contributed by atoms with Crippen LogP contribution in [0.3, 0.4) is 0 Å². The van der Waals surface area contributed by atoms with Gasteiger partial charge in [-0.3, -0.25) is 14.6 Å². The molecule has 0 aromatic heterocycles. The first-order valence-corrected chi connectivity index (χ1v) is 9.20. The first-order valence-electron chi connectivity index (χ1n) is 9.20. The third-order valence-corrected chi connectivity index (χ3v) is 5.02. The van der Waals surface area contributed by atoms with E-state index in [1.165, 1.54) is 25.0 Å². The summed E-state index contributed by atoms with van der Waals surface area (Å²) in [4.78, 5) is 29.7. The van der Waals surface area contributed by atoms with E-state index in [2.05, 4.69) is 5.10 Å². The standard InChI is InChI=1S/C20H25N3O4/c1-13(21-14-6-4-5-7-14)19-17(12-18(24)27-3)22-23(20(19)25)15-8-10-16(26-2)11-9-15/h8-11,14,19H,4-7,12H2,1-3H3. The van der Waals surface area contributed by atoms with Gasteiger partial charge in [0.15, 0.2) is 0 Å². The highest BCUT2D eigenvalue weighted by atomic mass is 16.5. The molecule has 0 bridgehead atoms. The number of hydrogen-bond donors (Lipinski definition) is 0. The van der Waals surface area contributed by atoms with Crippen LogP contribution in [0.25, 0.3) is 0 Å². The van der Waals surface area contributed by atoms with Gasteiger partial charge in [0, 0.05) is 11.8 Å². The van der Waals surface area contributed by atoms with Crippen molar-refractivity contribution in [2.24, 2.45) is 16.0 Å². The molecule has 1 aliphatic carbocycles. The van der Waals surface area contributed by atoms with E-state index >= 15 is 0 Å². The minimum absolute atomic E-state index is 0.0307. The molecular formula is C20H25N3O4. The van der Waals surface area contributed by atoms with Crippen LogP contribution in [0.4, 0.5) is 5.69 Å². The Labute approximate surface area is 159 Å². The van der Waals surface area contributed by atoms with Crippen molar-refractivity contribution in [2.45, 2.75) is 45.1 Å². The van der Waals surface area contributed by atoms with Crippen LogP contribution in [-0.2, 0) is 14.3 Å². The number of aliphatic imine (C=N–C) groups is 1. The Kier molecular flexibility index (Phi) is 5.88. The molecule has 2 aliphatic rings. The van der Waals surface area contributed by atoms with E-state index < -0.39 is 11.9 Å². The number of anilines is 1. The van der Waals surface area contributed by atoms with Crippen molar-refractivity contribution in [3.8, 4) is 5.75 Å². The van der Waals surface area contributed by atoms with Crippen LogP contribution >= 0.6 is 0 Å². The highest BCUT2D eigenvalue weighted by molar-refractivity contribution is 6.30. The van der Waals surface area contributed by atoms with E-state index in [1.807, 2.05) is 6.92 Å². The topological polar surface area (TPSA) is 80.6 Å². The maximum Gasteiger partial charge on any atom is 0.311 e. The summed E-state index contributed by atoms with van der Waals surface area (Å²) >= 11 is 0. The highest BCUT2D eigenvalue weighted by Gasteiger charge is 2.40. The van der Waals surface area contributed by atoms with Crippen molar-refractivity contribution in [1.82, 2.24) is 0 Å². The lowest BCUT2D eigenvalue weighted by atomic mass is 9.95. The molecule has 1 aromatic carbocycles. The summed E-state index contributed by atoms with van der Waals surface area (Å²) in [5, 5.41) is 5.78. The zero-order valence-corrected chi connectivity index (χ0v) is 16.0. The number of esters is 1. The number of carbonyl (C=O) groups is 2. The van der Waals surface area contributed by atoms with Gasteiger partial charge in [-0.2, -0.15) is 10.1 Å². The number of carbonyl (C=O) groups excluding carboxylic acids is 2. The fourth-order valence-electron chi connectivity index (χ4n) is 3.58. The lowest BCUT2D eigenvalue weighted by Gasteiger charge is -2.16. The predicted octanol–water partition coefficient (Wildman–Crippen LogP) is 2.98. The minimum atomic E-state index is -0.619. The molecule has 1 saturated carbocycles. The van der Waals surface area contributed by atoms with Gasteiger partial charge in [-0.15, -0.1) is 0 Å². The van der Waals surface area contributed by atoms with Gasteiger partial charge in [0.1, 0.15) is 11.7 Å². The van der Waals surface area contributed by atoms with Crippen LogP contribution in [0, 0.1) is 5.92 Å². The van der Waals surface area contributed by atoms with Crippen LogP contribution in [0.15, 0.2) is 34.4 Å². The second-order valence-electron chi connectivity index (χ2n) is 6.83. The summed E-state index contributed by atoms with van der Waals surface area (Å²) in [5.74, 6) is -0.540. The molecule has 1 fully saturated rings. The van der Waals surface area contributed by atoms with Crippen LogP contribution in [0.5, 0.6) is 5.75 Å². The van der Waals surface area contributed by atoms with E-state index in [4.69, 9.17) is 14.5 Å². The zero-order chi connectivity index (χ0) is 19.4. The average Bonchev–Trinajstić information content (AvgIpc) is 3.29. The Morgan fingerprint density at radius 2 is 1.89 bits per heavy atom. The van der Waals surface area contributed by atoms with Crippen LogP contribution < -0.4 is 9.75 Å². The zero-order valence-electron chi connectivity index (χ0n) is 16.0. The first kappa shape index (κ1) is 19.1. The Balaban J connectivity index is 1.89. The second kappa shape index (κ2) is 8.33. The number of hydrogen-bond acceptors (Lipinski definition) is 6. The number of ether oxygens (including phenoxy) is 2. The van der Waals surface area contributed by atoms with E-state index in [0.29, 0.717) is 22.9 Å². The first-order chi connectivity index (χ1) is 13.0. The van der Waals surface area contributed by atoms with Gasteiger partial charge < -0.3 is 9.47 Å². The number of nitrogens with zero attached hydrogens (tertiary/aromatic N) is 3. The fourth-order valence-corrected chi connectivity index (χ4v) is 3.58. The van der Waals surface area contributed by atoms with Crippen LogP contribution in [-0.4, -0.2) is 43.6 Å². The van der Waals surface area contributed by atoms with Crippen LogP contribution in [0.1, 0.15) is 39.0 Å². The van der Waals surface area contributed by atoms with Crippen molar-refractivity contribution in [2.75, 3.05) is 19.2 Å². The van der Waals surface area contributed by atoms with Crippen molar-refractivity contribution < 1.29 is 19.1 Å². The van der Waals surface area contributed by atoms with Gasteiger partial charge >= 0.3 is 5.97 Å². The van der Waals surface area contributed by atoms with E-state index in [-0.39, 0.29) is 18.4 Å². The van der Waals surface area contributed by atoms with Crippen molar-refractivity contribution >= 4 is 29.0 Å². The molecule has 1 aliphatic heterocycles. The molecule has 7 nitrogen and oxygen atoms in total. The van der Waals surface area contributed by atoms with Crippen molar-refractivity contribution in [3.63, 3.8) is 0 Å². The quantitative estimate of drug-likeness (QED) is 0.569.